The minimum Gasteiger partial charge on any atom is -0.484 e. The first-order valence-corrected chi connectivity index (χ1v) is 6.53. The highest BCUT2D eigenvalue weighted by molar-refractivity contribution is 5.89. The Morgan fingerprint density at radius 3 is 2.25 bits per heavy atom. The van der Waals surface area contributed by atoms with E-state index in [0.29, 0.717) is 17.9 Å². The normalized spacial score (nSPS) is 10.8. The van der Waals surface area contributed by atoms with Crippen LogP contribution in [0.5, 0.6) is 5.75 Å². The molecule has 1 N–H and O–H groups in total. The molecule has 0 aliphatic heterocycles. The van der Waals surface area contributed by atoms with Crippen LogP contribution in [0.15, 0.2) is 24.3 Å². The van der Waals surface area contributed by atoms with Gasteiger partial charge in [-0.1, -0.05) is 0 Å². The molecule has 1 amide bonds. The van der Waals surface area contributed by atoms with Crippen molar-refractivity contribution in [2.24, 2.45) is 0 Å². The third-order valence-electron chi connectivity index (χ3n) is 2.25. The lowest BCUT2D eigenvalue weighted by Gasteiger charge is -2.20. The Morgan fingerprint density at radius 2 is 1.75 bits per heavy atom. The average molecular weight is 279 g/mol. The highest BCUT2D eigenvalue weighted by Gasteiger charge is 2.14. The van der Waals surface area contributed by atoms with Crippen LogP contribution in [0.1, 0.15) is 38.1 Å². The van der Waals surface area contributed by atoms with Crippen LogP contribution in [0.25, 0.3) is 0 Å². The van der Waals surface area contributed by atoms with Crippen molar-refractivity contribution in [3.63, 3.8) is 0 Å². The number of carbonyl (C=O) groups is 2. The maximum Gasteiger partial charge on any atom is 0.338 e. The van der Waals surface area contributed by atoms with Crippen molar-refractivity contribution in [1.29, 1.82) is 0 Å². The number of rotatable bonds is 5. The van der Waals surface area contributed by atoms with Crippen molar-refractivity contribution in [1.82, 2.24) is 5.32 Å². The van der Waals surface area contributed by atoms with E-state index in [0.717, 1.165) is 0 Å². The van der Waals surface area contributed by atoms with E-state index in [-0.39, 0.29) is 24.0 Å². The van der Waals surface area contributed by atoms with Gasteiger partial charge in [-0.05, 0) is 52.0 Å². The number of carbonyl (C=O) groups excluding carboxylic acids is 2. The molecule has 110 valence electrons. The summed E-state index contributed by atoms with van der Waals surface area (Å²) < 4.78 is 10.2. The Labute approximate surface area is 119 Å². The molecule has 0 spiro atoms. The quantitative estimate of drug-likeness (QED) is 0.839. The van der Waals surface area contributed by atoms with Gasteiger partial charge in [0.15, 0.2) is 6.61 Å². The Balaban J connectivity index is 2.50. The summed E-state index contributed by atoms with van der Waals surface area (Å²) in [6, 6.07) is 6.48. The van der Waals surface area contributed by atoms with E-state index in [1.165, 1.54) is 0 Å². The summed E-state index contributed by atoms with van der Waals surface area (Å²) in [7, 11) is 0. The molecule has 0 heterocycles. The van der Waals surface area contributed by atoms with Gasteiger partial charge in [-0.3, -0.25) is 4.79 Å². The molecule has 0 bridgehead atoms. The molecule has 0 unspecified atom stereocenters. The zero-order chi connectivity index (χ0) is 15.2. The van der Waals surface area contributed by atoms with E-state index in [9.17, 15) is 9.59 Å². The maximum absolute atomic E-state index is 11.6. The minimum absolute atomic E-state index is 0.0595. The second-order valence-corrected chi connectivity index (χ2v) is 5.33. The summed E-state index contributed by atoms with van der Waals surface area (Å²) >= 11 is 0. The summed E-state index contributed by atoms with van der Waals surface area (Å²) in [6.45, 7) is 7.74. The topological polar surface area (TPSA) is 64.6 Å². The summed E-state index contributed by atoms with van der Waals surface area (Å²) in [5, 5.41) is 2.80. The van der Waals surface area contributed by atoms with Crippen LogP contribution in [0, 0.1) is 0 Å². The number of ether oxygens (including phenoxy) is 2. The number of benzene rings is 1. The zero-order valence-electron chi connectivity index (χ0n) is 12.4. The number of amides is 1. The predicted octanol–water partition coefficient (Wildman–Crippen LogP) is 2.16. The number of nitrogens with one attached hydrogen (secondary N) is 1. The Kier molecular flexibility index (Phi) is 5.55. The van der Waals surface area contributed by atoms with Gasteiger partial charge in [0, 0.05) is 5.54 Å². The SMILES string of the molecule is CCOC(=O)c1ccc(OCC(=O)NC(C)(C)C)cc1. The van der Waals surface area contributed by atoms with E-state index in [1.54, 1.807) is 31.2 Å². The minimum atomic E-state index is -0.371. The monoisotopic (exact) mass is 279 g/mol. The van der Waals surface area contributed by atoms with E-state index in [1.807, 2.05) is 20.8 Å². The third-order valence-corrected chi connectivity index (χ3v) is 2.25. The van der Waals surface area contributed by atoms with Crippen LogP contribution >= 0.6 is 0 Å². The van der Waals surface area contributed by atoms with Gasteiger partial charge in [0.05, 0.1) is 12.2 Å². The lowest BCUT2D eigenvalue weighted by molar-refractivity contribution is -0.124. The van der Waals surface area contributed by atoms with E-state index in [4.69, 9.17) is 9.47 Å². The van der Waals surface area contributed by atoms with Gasteiger partial charge < -0.3 is 14.8 Å². The smallest absolute Gasteiger partial charge is 0.338 e. The van der Waals surface area contributed by atoms with Crippen molar-refractivity contribution in [3.8, 4) is 5.75 Å². The van der Waals surface area contributed by atoms with Crippen LogP contribution < -0.4 is 10.1 Å². The zero-order valence-corrected chi connectivity index (χ0v) is 12.4. The molecule has 1 rings (SSSR count). The molecule has 0 aromatic heterocycles. The van der Waals surface area contributed by atoms with Crippen molar-refractivity contribution in [2.45, 2.75) is 33.2 Å². The molecule has 1 aromatic rings. The Bertz CT molecular complexity index is 460. The molecule has 0 atom stereocenters. The number of hydrogen-bond donors (Lipinski definition) is 1. The lowest BCUT2D eigenvalue weighted by atomic mass is 10.1. The standard InChI is InChI=1S/C15H21NO4/c1-5-19-14(18)11-6-8-12(9-7-11)20-10-13(17)16-15(2,3)4/h6-9H,5,10H2,1-4H3,(H,16,17). The Hall–Kier alpha value is -2.04. The molecule has 5 heteroatoms. The first-order valence-electron chi connectivity index (χ1n) is 6.53. The molecule has 20 heavy (non-hydrogen) atoms. The van der Waals surface area contributed by atoms with Gasteiger partial charge in [-0.25, -0.2) is 4.79 Å². The average Bonchev–Trinajstić information content (AvgIpc) is 2.35. The van der Waals surface area contributed by atoms with Gasteiger partial charge in [0.1, 0.15) is 5.75 Å². The molecule has 0 fully saturated rings. The number of hydrogen-bond acceptors (Lipinski definition) is 4. The lowest BCUT2D eigenvalue weighted by Crippen LogP contribution is -2.43. The molecule has 0 saturated carbocycles. The first-order chi connectivity index (χ1) is 9.31. The summed E-state index contributed by atoms with van der Waals surface area (Å²) in [6.07, 6.45) is 0. The van der Waals surface area contributed by atoms with Crippen molar-refractivity contribution in [3.05, 3.63) is 29.8 Å². The van der Waals surface area contributed by atoms with E-state index >= 15 is 0 Å². The highest BCUT2D eigenvalue weighted by atomic mass is 16.5. The van der Waals surface area contributed by atoms with Gasteiger partial charge in [-0.15, -0.1) is 0 Å². The fourth-order valence-electron chi connectivity index (χ4n) is 1.50. The molecule has 5 nitrogen and oxygen atoms in total. The second kappa shape index (κ2) is 6.93. The molecule has 0 aliphatic carbocycles. The largest absolute Gasteiger partial charge is 0.484 e. The van der Waals surface area contributed by atoms with E-state index in [2.05, 4.69) is 5.32 Å². The maximum atomic E-state index is 11.6. The van der Waals surface area contributed by atoms with Gasteiger partial charge in [0.2, 0.25) is 0 Å². The summed E-state index contributed by atoms with van der Waals surface area (Å²) in [5.41, 5.74) is 0.173. The summed E-state index contributed by atoms with van der Waals surface area (Å²) in [5.74, 6) is -0.0291. The van der Waals surface area contributed by atoms with Gasteiger partial charge >= 0.3 is 5.97 Å². The van der Waals surface area contributed by atoms with Gasteiger partial charge in [0.25, 0.3) is 5.91 Å². The molecular weight excluding hydrogens is 258 g/mol. The third kappa shape index (κ3) is 5.73. The van der Waals surface area contributed by atoms with Crippen LogP contribution in [-0.2, 0) is 9.53 Å². The van der Waals surface area contributed by atoms with Crippen LogP contribution in [-0.4, -0.2) is 30.6 Å². The van der Waals surface area contributed by atoms with Crippen LogP contribution in [0.3, 0.4) is 0 Å². The summed E-state index contributed by atoms with van der Waals surface area (Å²) in [4.78, 5) is 23.0. The van der Waals surface area contributed by atoms with E-state index < -0.39 is 0 Å². The Morgan fingerprint density at radius 1 is 1.15 bits per heavy atom. The fourth-order valence-corrected chi connectivity index (χ4v) is 1.50. The molecule has 0 radical (unpaired) electrons. The van der Waals surface area contributed by atoms with Crippen molar-refractivity contribution >= 4 is 11.9 Å². The highest BCUT2D eigenvalue weighted by Crippen LogP contribution is 2.13. The molecule has 0 aliphatic rings. The second-order valence-electron chi connectivity index (χ2n) is 5.33. The van der Waals surface area contributed by atoms with Crippen molar-refractivity contribution in [2.75, 3.05) is 13.2 Å². The fraction of sp³-hybridized carbons (Fsp3) is 0.467. The van der Waals surface area contributed by atoms with Crippen LogP contribution in [0.4, 0.5) is 0 Å². The first kappa shape index (κ1) is 16.0. The molecule has 1 aromatic carbocycles. The predicted molar refractivity (Wildman–Crippen MR) is 75.8 cm³/mol. The van der Waals surface area contributed by atoms with Crippen molar-refractivity contribution < 1.29 is 19.1 Å². The van der Waals surface area contributed by atoms with Gasteiger partial charge in [-0.2, -0.15) is 0 Å². The van der Waals surface area contributed by atoms with Crippen LogP contribution in [0.2, 0.25) is 0 Å². The number of esters is 1. The molecule has 0 saturated heterocycles. The molecular formula is C15H21NO4.